The summed E-state index contributed by atoms with van der Waals surface area (Å²) < 4.78 is 11.4. The van der Waals surface area contributed by atoms with Gasteiger partial charge in [0, 0.05) is 82.1 Å². The number of benzene rings is 4. The van der Waals surface area contributed by atoms with E-state index in [1.807, 2.05) is 84.9 Å². The van der Waals surface area contributed by atoms with Crippen LogP contribution < -0.4 is 20.5 Å². The molecule has 63 heavy (non-hydrogen) atoms. The fourth-order valence-corrected chi connectivity index (χ4v) is 9.46. The first kappa shape index (κ1) is 47.7. The van der Waals surface area contributed by atoms with Crippen LogP contribution in [0.1, 0.15) is 96.1 Å². The second-order valence-corrected chi connectivity index (χ2v) is 17.9. The Morgan fingerprint density at radius 1 is 0.556 bits per heavy atom. The highest BCUT2D eigenvalue weighted by atomic mass is 16.5. The molecule has 8 rings (SSSR count). The Morgan fingerprint density at radius 3 is 1.37 bits per heavy atom. The molecule has 0 unspecified atom stereocenters. The van der Waals surface area contributed by atoms with Gasteiger partial charge in [0.05, 0.1) is 5.56 Å². The van der Waals surface area contributed by atoms with Crippen LogP contribution in [-0.4, -0.2) is 127 Å². The first-order chi connectivity index (χ1) is 30.7. The van der Waals surface area contributed by atoms with Crippen LogP contribution in [0.5, 0.6) is 11.5 Å². The van der Waals surface area contributed by atoms with Crippen LogP contribution in [0.25, 0.3) is 0 Å². The summed E-state index contributed by atoms with van der Waals surface area (Å²) in [6, 6.07) is 33.8. The fraction of sp³-hybridized carbons (Fsp3) is 0.500. The number of nitrogens with one attached hydrogen (secondary N) is 1. The number of carbonyl (C=O) groups excluding carboxylic acids is 1. The van der Waals surface area contributed by atoms with Crippen molar-refractivity contribution < 1.29 is 24.2 Å². The molecule has 0 aromatic heterocycles. The van der Waals surface area contributed by atoms with E-state index in [0.29, 0.717) is 30.1 Å². The van der Waals surface area contributed by atoms with Gasteiger partial charge in [-0.25, -0.2) is 4.79 Å². The number of hydrogen-bond acceptors (Lipinski definition) is 9. The molecule has 4 aliphatic rings. The number of piperazine rings is 2. The summed E-state index contributed by atoms with van der Waals surface area (Å²) >= 11 is 0. The standard InChI is InChI=1S/C26H35N3O2.C14H12O3.C12H25N3/c1-28-16-18-29(19-17-28)26(14-6-3-7-15-26)21-27-25(30)23-10-12-24(13-11-23)31-20-22-8-4-2-5-9-22;15-14(16)12-6-8-13(9-7-12)17-10-11-4-2-1-3-5-11;1-14-7-9-15(10-8-14)12(11-13)5-3-2-4-6-12/h2,4-5,8-13H,3,6-7,14-21H2,1H3,(H,27,30);1-9H,10H2,(H,15,16);2-11,13H2,1H3. The van der Waals surface area contributed by atoms with Crippen LogP contribution in [0.15, 0.2) is 109 Å². The number of nitrogens with two attached hydrogens (primary N) is 1. The molecule has 4 fully saturated rings. The molecule has 0 radical (unpaired) electrons. The molecule has 340 valence electrons. The monoisotopic (exact) mass is 861 g/mol. The average Bonchev–Trinajstić information content (AvgIpc) is 3.34. The van der Waals surface area contributed by atoms with Gasteiger partial charge in [0.2, 0.25) is 0 Å². The van der Waals surface area contributed by atoms with E-state index in [4.69, 9.17) is 20.3 Å². The maximum Gasteiger partial charge on any atom is 0.335 e. The highest BCUT2D eigenvalue weighted by molar-refractivity contribution is 5.94. The molecule has 11 nitrogen and oxygen atoms in total. The lowest BCUT2D eigenvalue weighted by Crippen LogP contribution is -2.61. The summed E-state index contributed by atoms with van der Waals surface area (Å²) in [6.07, 6.45) is 13.0. The lowest BCUT2D eigenvalue weighted by molar-refractivity contribution is 0.0138. The van der Waals surface area contributed by atoms with Crippen molar-refractivity contribution in [1.29, 1.82) is 0 Å². The third-order valence-corrected chi connectivity index (χ3v) is 13.6. The lowest BCUT2D eigenvalue weighted by Gasteiger charge is -2.49. The van der Waals surface area contributed by atoms with E-state index in [1.165, 1.54) is 103 Å². The summed E-state index contributed by atoms with van der Waals surface area (Å²) in [5.74, 6) is 0.522. The van der Waals surface area contributed by atoms with Gasteiger partial charge in [-0.15, -0.1) is 0 Å². The molecule has 0 spiro atoms. The average molecular weight is 861 g/mol. The molecule has 4 N–H and O–H groups in total. The molecule has 2 saturated heterocycles. The first-order valence-corrected chi connectivity index (χ1v) is 23.3. The van der Waals surface area contributed by atoms with E-state index < -0.39 is 5.97 Å². The van der Waals surface area contributed by atoms with Crippen molar-refractivity contribution in [3.05, 3.63) is 131 Å². The maximum absolute atomic E-state index is 12.9. The summed E-state index contributed by atoms with van der Waals surface area (Å²) in [5, 5.41) is 12.0. The summed E-state index contributed by atoms with van der Waals surface area (Å²) in [5.41, 5.74) is 9.69. The quantitative estimate of drug-likeness (QED) is 0.123. The van der Waals surface area contributed by atoms with Crippen LogP contribution in [0.4, 0.5) is 0 Å². The Morgan fingerprint density at radius 2 is 0.952 bits per heavy atom. The van der Waals surface area contributed by atoms with E-state index in [9.17, 15) is 9.59 Å². The predicted molar refractivity (Wildman–Crippen MR) is 253 cm³/mol. The number of nitrogens with zero attached hydrogens (tertiary/aromatic N) is 4. The number of likely N-dealkylation sites (N-methyl/N-ethyl adjacent to an activating group) is 2. The largest absolute Gasteiger partial charge is 0.489 e. The van der Waals surface area contributed by atoms with Gasteiger partial charge < -0.3 is 35.4 Å². The minimum Gasteiger partial charge on any atom is -0.489 e. The van der Waals surface area contributed by atoms with E-state index in [2.05, 4.69) is 39.0 Å². The van der Waals surface area contributed by atoms with Crippen molar-refractivity contribution in [3.8, 4) is 11.5 Å². The molecule has 2 saturated carbocycles. The van der Waals surface area contributed by atoms with E-state index >= 15 is 0 Å². The Hall–Kier alpha value is -4.78. The maximum atomic E-state index is 12.9. The van der Waals surface area contributed by atoms with Gasteiger partial charge in [-0.2, -0.15) is 0 Å². The summed E-state index contributed by atoms with van der Waals surface area (Å²) in [7, 11) is 4.41. The Bertz CT molecular complexity index is 1920. The van der Waals surface area contributed by atoms with Gasteiger partial charge in [0.25, 0.3) is 5.91 Å². The number of carboxylic acids is 1. The Kier molecular flexibility index (Phi) is 18.4. The van der Waals surface area contributed by atoms with Crippen molar-refractivity contribution in [2.24, 2.45) is 5.73 Å². The Balaban J connectivity index is 0.000000174. The van der Waals surface area contributed by atoms with Crippen molar-refractivity contribution in [1.82, 2.24) is 24.9 Å². The first-order valence-electron chi connectivity index (χ1n) is 23.3. The highest BCUT2D eigenvalue weighted by Crippen LogP contribution is 2.35. The van der Waals surface area contributed by atoms with Gasteiger partial charge in [0.1, 0.15) is 24.7 Å². The molecular formula is C52H72N6O5. The zero-order valence-corrected chi connectivity index (χ0v) is 37.9. The summed E-state index contributed by atoms with van der Waals surface area (Å²) in [6.45, 7) is 11.9. The number of amides is 1. The topological polar surface area (TPSA) is 124 Å². The molecule has 2 aliphatic carbocycles. The molecular weight excluding hydrogens is 789 g/mol. The minimum atomic E-state index is -0.931. The number of aromatic carboxylic acids is 1. The Labute approximate surface area is 376 Å². The van der Waals surface area contributed by atoms with Crippen LogP contribution in [0.2, 0.25) is 0 Å². The van der Waals surface area contributed by atoms with Gasteiger partial charge >= 0.3 is 5.97 Å². The van der Waals surface area contributed by atoms with Crippen molar-refractivity contribution in [3.63, 3.8) is 0 Å². The molecule has 0 bridgehead atoms. The van der Waals surface area contributed by atoms with Crippen molar-refractivity contribution in [2.45, 2.75) is 88.5 Å². The highest BCUT2D eigenvalue weighted by Gasteiger charge is 2.40. The van der Waals surface area contributed by atoms with Crippen molar-refractivity contribution in [2.75, 3.05) is 79.5 Å². The van der Waals surface area contributed by atoms with Crippen LogP contribution in [-0.2, 0) is 13.2 Å². The third kappa shape index (κ3) is 14.4. The number of carboxylic acid groups (broad SMARTS) is 1. The van der Waals surface area contributed by atoms with Crippen LogP contribution >= 0.6 is 0 Å². The normalized spacial score (nSPS) is 19.3. The zero-order valence-electron chi connectivity index (χ0n) is 37.9. The molecule has 0 atom stereocenters. The number of ether oxygens (including phenoxy) is 2. The van der Waals surface area contributed by atoms with Crippen LogP contribution in [0.3, 0.4) is 0 Å². The summed E-state index contributed by atoms with van der Waals surface area (Å²) in [4.78, 5) is 33.7. The van der Waals surface area contributed by atoms with Gasteiger partial charge in [0.15, 0.2) is 0 Å². The van der Waals surface area contributed by atoms with Crippen LogP contribution in [0, 0.1) is 0 Å². The van der Waals surface area contributed by atoms with E-state index in [1.54, 1.807) is 12.1 Å². The van der Waals surface area contributed by atoms with E-state index in [-0.39, 0.29) is 17.0 Å². The van der Waals surface area contributed by atoms with Gasteiger partial charge in [-0.05, 0) is 99.4 Å². The predicted octanol–water partition coefficient (Wildman–Crippen LogP) is 7.80. The second-order valence-electron chi connectivity index (χ2n) is 17.9. The molecule has 1 amide bonds. The lowest BCUT2D eigenvalue weighted by atomic mass is 9.79. The van der Waals surface area contributed by atoms with E-state index in [0.717, 1.165) is 56.1 Å². The zero-order chi connectivity index (χ0) is 44.3. The molecule has 2 heterocycles. The molecule has 2 aliphatic heterocycles. The number of hydrogen-bond donors (Lipinski definition) is 3. The molecule has 4 aromatic carbocycles. The SMILES string of the molecule is CN1CCN(C2(CN)CCCCC2)CC1.CN1CCN(C2(CNC(=O)c3ccc(OCc4ccccc4)cc3)CCCCC2)CC1.O=C(O)c1ccc(OCc2ccccc2)cc1. The number of rotatable bonds is 13. The fourth-order valence-electron chi connectivity index (χ4n) is 9.46. The molecule has 4 aromatic rings. The minimum absolute atomic E-state index is 0.00804. The van der Waals surface area contributed by atoms with Gasteiger partial charge in [-0.3, -0.25) is 14.6 Å². The smallest absolute Gasteiger partial charge is 0.335 e. The van der Waals surface area contributed by atoms with Gasteiger partial charge in [-0.1, -0.05) is 99.2 Å². The number of carbonyl (C=O) groups is 2. The molecule has 11 heteroatoms. The second kappa shape index (κ2) is 24.3. The van der Waals surface area contributed by atoms with Crippen molar-refractivity contribution >= 4 is 11.9 Å². The third-order valence-electron chi connectivity index (χ3n) is 13.6.